The molecule has 1 aromatic carbocycles. The molecule has 0 bridgehead atoms. The first-order chi connectivity index (χ1) is 9.06. The molecule has 0 fully saturated rings. The summed E-state index contributed by atoms with van der Waals surface area (Å²) in [5.41, 5.74) is 1.02. The Balaban J connectivity index is 2.34. The second-order valence-electron chi connectivity index (χ2n) is 4.83. The monoisotopic (exact) mass is 262 g/mol. The van der Waals surface area contributed by atoms with Gasteiger partial charge in [0.2, 0.25) is 0 Å². The number of hydrogen-bond donors (Lipinski definition) is 1. The van der Waals surface area contributed by atoms with E-state index in [2.05, 4.69) is 6.58 Å². The topological polar surface area (TPSA) is 55.8 Å². The minimum absolute atomic E-state index is 0.0887. The molecule has 0 saturated carbocycles. The highest BCUT2D eigenvalue weighted by Crippen LogP contribution is 2.34. The van der Waals surface area contributed by atoms with Crippen molar-refractivity contribution >= 4 is 5.97 Å². The van der Waals surface area contributed by atoms with Crippen LogP contribution in [0.2, 0.25) is 0 Å². The summed E-state index contributed by atoms with van der Waals surface area (Å²) < 4.78 is 10.5. The van der Waals surface area contributed by atoms with Crippen LogP contribution in [0.4, 0.5) is 0 Å². The molecule has 0 unspecified atom stereocenters. The highest BCUT2D eigenvalue weighted by molar-refractivity contribution is 5.95. The number of esters is 1. The van der Waals surface area contributed by atoms with E-state index in [1.54, 1.807) is 6.07 Å². The van der Waals surface area contributed by atoms with Gasteiger partial charge in [-0.2, -0.15) is 0 Å². The first kappa shape index (κ1) is 13.5. The maximum absolute atomic E-state index is 12.0. The van der Waals surface area contributed by atoms with E-state index in [4.69, 9.17) is 9.47 Å². The van der Waals surface area contributed by atoms with Crippen molar-refractivity contribution in [2.75, 3.05) is 7.11 Å². The Kier molecular flexibility index (Phi) is 3.79. The van der Waals surface area contributed by atoms with Crippen LogP contribution >= 0.6 is 0 Å². The standard InChI is InChI=1S/C15H18O4/c1-4-5-9(2)13-7-10-6-11(18-3)8-12(16)14(10)15(17)19-13/h4,6,8-9,13,16H,1,5,7H2,2-3H3/t9-,13+/m0/s1. The second-order valence-corrected chi connectivity index (χ2v) is 4.83. The summed E-state index contributed by atoms with van der Waals surface area (Å²) in [5.74, 6) is 0.181. The summed E-state index contributed by atoms with van der Waals surface area (Å²) in [7, 11) is 1.53. The predicted molar refractivity (Wildman–Crippen MR) is 71.5 cm³/mol. The third-order valence-electron chi connectivity index (χ3n) is 3.47. The lowest BCUT2D eigenvalue weighted by atomic mass is 9.90. The van der Waals surface area contributed by atoms with Gasteiger partial charge in [0.15, 0.2) is 0 Å². The van der Waals surface area contributed by atoms with E-state index >= 15 is 0 Å². The van der Waals surface area contributed by atoms with Gasteiger partial charge in [0.1, 0.15) is 23.2 Å². The molecule has 0 saturated heterocycles. The molecule has 2 rings (SSSR count). The number of ether oxygens (including phenoxy) is 2. The van der Waals surface area contributed by atoms with Crippen molar-refractivity contribution in [3.63, 3.8) is 0 Å². The predicted octanol–water partition coefficient (Wildman–Crippen LogP) is 2.69. The first-order valence-corrected chi connectivity index (χ1v) is 6.28. The zero-order valence-electron chi connectivity index (χ0n) is 11.2. The summed E-state index contributed by atoms with van der Waals surface area (Å²) >= 11 is 0. The largest absolute Gasteiger partial charge is 0.507 e. The van der Waals surface area contributed by atoms with Crippen LogP contribution in [-0.2, 0) is 11.2 Å². The third-order valence-corrected chi connectivity index (χ3v) is 3.47. The number of aromatic hydroxyl groups is 1. The highest BCUT2D eigenvalue weighted by atomic mass is 16.5. The van der Waals surface area contributed by atoms with Crippen LogP contribution in [0.25, 0.3) is 0 Å². The fourth-order valence-electron chi connectivity index (χ4n) is 2.36. The Hall–Kier alpha value is -1.97. The lowest BCUT2D eigenvalue weighted by Crippen LogP contribution is -2.32. The molecule has 1 N–H and O–H groups in total. The molecule has 1 aromatic rings. The van der Waals surface area contributed by atoms with Gasteiger partial charge in [0, 0.05) is 12.5 Å². The van der Waals surface area contributed by atoms with Crippen molar-refractivity contribution in [1.82, 2.24) is 0 Å². The summed E-state index contributed by atoms with van der Waals surface area (Å²) in [6, 6.07) is 3.21. The van der Waals surface area contributed by atoms with Crippen LogP contribution in [0.5, 0.6) is 11.5 Å². The van der Waals surface area contributed by atoms with E-state index in [1.807, 2.05) is 13.0 Å². The molecular formula is C15H18O4. The third kappa shape index (κ3) is 2.57. The molecule has 0 radical (unpaired) electrons. The van der Waals surface area contributed by atoms with Crippen molar-refractivity contribution in [1.29, 1.82) is 0 Å². The second kappa shape index (κ2) is 5.34. The lowest BCUT2D eigenvalue weighted by molar-refractivity contribution is 0.0112. The van der Waals surface area contributed by atoms with Crippen LogP contribution in [0.15, 0.2) is 24.8 Å². The minimum Gasteiger partial charge on any atom is -0.507 e. The van der Waals surface area contributed by atoms with Gasteiger partial charge < -0.3 is 14.6 Å². The summed E-state index contributed by atoms with van der Waals surface area (Å²) in [4.78, 5) is 12.0. The average molecular weight is 262 g/mol. The number of rotatable bonds is 4. The van der Waals surface area contributed by atoms with Crippen molar-refractivity contribution < 1.29 is 19.4 Å². The van der Waals surface area contributed by atoms with Gasteiger partial charge in [0.05, 0.1) is 7.11 Å². The average Bonchev–Trinajstić information content (AvgIpc) is 2.37. The van der Waals surface area contributed by atoms with Gasteiger partial charge in [-0.15, -0.1) is 6.58 Å². The Morgan fingerprint density at radius 1 is 1.63 bits per heavy atom. The van der Waals surface area contributed by atoms with Gasteiger partial charge in [-0.1, -0.05) is 13.0 Å². The molecule has 4 nitrogen and oxygen atoms in total. The number of carbonyl (C=O) groups excluding carboxylic acids is 1. The SMILES string of the molecule is C=CC[C@H](C)[C@H]1Cc2cc(OC)cc(O)c2C(=O)O1. The van der Waals surface area contributed by atoms with Crippen molar-refractivity contribution in [3.05, 3.63) is 35.9 Å². The number of phenolic OH excluding ortho intramolecular Hbond substituents is 1. The summed E-state index contributed by atoms with van der Waals surface area (Å²) in [5, 5.41) is 9.87. The fraction of sp³-hybridized carbons (Fsp3) is 0.400. The summed E-state index contributed by atoms with van der Waals surface area (Å²) in [6.45, 7) is 5.72. The van der Waals surface area contributed by atoms with Gasteiger partial charge in [0.25, 0.3) is 0 Å². The zero-order chi connectivity index (χ0) is 14.0. The smallest absolute Gasteiger partial charge is 0.342 e. The molecule has 0 amide bonds. The van der Waals surface area contributed by atoms with E-state index < -0.39 is 5.97 Å². The van der Waals surface area contributed by atoms with Crippen LogP contribution in [0.1, 0.15) is 29.3 Å². The van der Waals surface area contributed by atoms with E-state index in [0.29, 0.717) is 12.2 Å². The van der Waals surface area contributed by atoms with E-state index in [1.165, 1.54) is 13.2 Å². The molecule has 1 aliphatic heterocycles. The molecule has 1 aliphatic rings. The van der Waals surface area contributed by atoms with Crippen molar-refractivity contribution in [2.45, 2.75) is 25.9 Å². The molecule has 0 spiro atoms. The molecular weight excluding hydrogens is 244 g/mol. The highest BCUT2D eigenvalue weighted by Gasteiger charge is 2.32. The molecule has 2 atom stereocenters. The first-order valence-electron chi connectivity index (χ1n) is 6.28. The normalized spacial score (nSPS) is 19.3. The maximum Gasteiger partial charge on any atom is 0.342 e. The number of cyclic esters (lactones) is 1. The van der Waals surface area contributed by atoms with Crippen molar-refractivity contribution in [3.8, 4) is 11.5 Å². The van der Waals surface area contributed by atoms with E-state index in [0.717, 1.165) is 12.0 Å². The van der Waals surface area contributed by atoms with Gasteiger partial charge in [-0.25, -0.2) is 4.79 Å². The van der Waals surface area contributed by atoms with Gasteiger partial charge in [-0.05, 0) is 24.0 Å². The quantitative estimate of drug-likeness (QED) is 0.669. The minimum atomic E-state index is -0.470. The van der Waals surface area contributed by atoms with Gasteiger partial charge in [-0.3, -0.25) is 0 Å². The number of benzene rings is 1. The number of methoxy groups -OCH3 is 1. The number of hydrogen-bond acceptors (Lipinski definition) is 4. The number of phenols is 1. The van der Waals surface area contributed by atoms with Crippen LogP contribution in [-0.4, -0.2) is 24.3 Å². The zero-order valence-corrected chi connectivity index (χ0v) is 11.2. The van der Waals surface area contributed by atoms with E-state index in [-0.39, 0.29) is 23.3 Å². The Labute approximate surface area is 112 Å². The number of carbonyl (C=O) groups is 1. The van der Waals surface area contributed by atoms with Gasteiger partial charge >= 0.3 is 5.97 Å². The van der Waals surface area contributed by atoms with Crippen LogP contribution < -0.4 is 4.74 Å². The number of allylic oxidation sites excluding steroid dienone is 1. The lowest BCUT2D eigenvalue weighted by Gasteiger charge is -2.29. The fourth-order valence-corrected chi connectivity index (χ4v) is 2.36. The molecule has 102 valence electrons. The Morgan fingerprint density at radius 3 is 3.00 bits per heavy atom. The molecule has 19 heavy (non-hydrogen) atoms. The molecule has 1 heterocycles. The van der Waals surface area contributed by atoms with Crippen molar-refractivity contribution in [2.24, 2.45) is 5.92 Å². The molecule has 4 heteroatoms. The maximum atomic E-state index is 12.0. The van der Waals surface area contributed by atoms with Crippen LogP contribution in [0, 0.1) is 5.92 Å². The van der Waals surface area contributed by atoms with Crippen LogP contribution in [0.3, 0.4) is 0 Å². The molecule has 0 aliphatic carbocycles. The Morgan fingerprint density at radius 2 is 2.37 bits per heavy atom. The number of fused-ring (bicyclic) bond motifs is 1. The summed E-state index contributed by atoms with van der Waals surface area (Å²) in [6.07, 6.45) is 2.99. The Bertz CT molecular complexity index is 507. The van der Waals surface area contributed by atoms with E-state index in [9.17, 15) is 9.90 Å². The molecule has 0 aromatic heterocycles.